The Labute approximate surface area is 140 Å². The van der Waals surface area contributed by atoms with Gasteiger partial charge in [-0.15, -0.1) is 0 Å². The third kappa shape index (κ3) is 3.59. The highest BCUT2D eigenvalue weighted by Gasteiger charge is 2.27. The number of hydrogen-bond acceptors (Lipinski definition) is 4. The van der Waals surface area contributed by atoms with Gasteiger partial charge in [-0.2, -0.15) is 0 Å². The molecule has 2 aromatic rings. The van der Waals surface area contributed by atoms with Crippen LogP contribution in [0.3, 0.4) is 0 Å². The number of rotatable bonds is 3. The fourth-order valence-electron chi connectivity index (χ4n) is 2.72. The number of benzene rings is 1. The second kappa shape index (κ2) is 7.05. The summed E-state index contributed by atoms with van der Waals surface area (Å²) < 4.78 is 19.2. The first kappa shape index (κ1) is 16.5. The van der Waals surface area contributed by atoms with E-state index in [1.807, 2.05) is 13.8 Å². The van der Waals surface area contributed by atoms with Crippen LogP contribution in [0.1, 0.15) is 25.6 Å². The third-order valence-corrected chi connectivity index (χ3v) is 3.98. The molecule has 24 heavy (non-hydrogen) atoms. The molecule has 2 heterocycles. The fourth-order valence-corrected chi connectivity index (χ4v) is 2.72. The van der Waals surface area contributed by atoms with Crippen LogP contribution in [0.5, 0.6) is 0 Å². The smallest absolute Gasteiger partial charge is 0.225 e. The average Bonchev–Trinajstić information content (AvgIpc) is 2.61. The summed E-state index contributed by atoms with van der Waals surface area (Å²) in [7, 11) is 0. The van der Waals surface area contributed by atoms with E-state index in [4.69, 9.17) is 4.74 Å². The van der Waals surface area contributed by atoms with Gasteiger partial charge in [0.05, 0.1) is 36.9 Å². The quantitative estimate of drug-likeness (QED) is 0.869. The lowest BCUT2D eigenvalue weighted by molar-refractivity contribution is -0.142. The Kier molecular flexibility index (Phi) is 4.85. The van der Waals surface area contributed by atoms with Crippen molar-refractivity contribution in [2.75, 3.05) is 19.7 Å². The summed E-state index contributed by atoms with van der Waals surface area (Å²) in [6.07, 6.45) is 2.91. The molecule has 0 bridgehead atoms. The zero-order valence-electron chi connectivity index (χ0n) is 13.8. The number of carbonyl (C=O) groups is 1. The highest BCUT2D eigenvalue weighted by atomic mass is 19.1. The van der Waals surface area contributed by atoms with Gasteiger partial charge in [0.25, 0.3) is 0 Å². The summed E-state index contributed by atoms with van der Waals surface area (Å²) >= 11 is 0. The van der Waals surface area contributed by atoms with Gasteiger partial charge in [-0.1, -0.05) is 26.0 Å². The van der Waals surface area contributed by atoms with Crippen molar-refractivity contribution in [3.05, 3.63) is 48.2 Å². The van der Waals surface area contributed by atoms with Gasteiger partial charge in [0.2, 0.25) is 5.91 Å². The van der Waals surface area contributed by atoms with Crippen LogP contribution in [0, 0.1) is 11.7 Å². The number of halogens is 1. The Bertz CT molecular complexity index is 736. The zero-order chi connectivity index (χ0) is 17.1. The normalized spacial score (nSPS) is 18.0. The van der Waals surface area contributed by atoms with E-state index in [9.17, 15) is 9.18 Å². The molecule has 1 aromatic heterocycles. The minimum atomic E-state index is -0.317. The number of ether oxygens (including phenoxy) is 1. The monoisotopic (exact) mass is 329 g/mol. The maximum Gasteiger partial charge on any atom is 0.225 e. The summed E-state index contributed by atoms with van der Waals surface area (Å²) in [5, 5.41) is 0. The van der Waals surface area contributed by atoms with E-state index in [1.165, 1.54) is 12.1 Å². The number of carbonyl (C=O) groups excluding carboxylic acids is 1. The van der Waals surface area contributed by atoms with Gasteiger partial charge in [0.1, 0.15) is 11.9 Å². The van der Waals surface area contributed by atoms with Crippen LogP contribution < -0.4 is 0 Å². The average molecular weight is 329 g/mol. The third-order valence-electron chi connectivity index (χ3n) is 3.98. The van der Waals surface area contributed by atoms with E-state index in [1.54, 1.807) is 29.4 Å². The minimum Gasteiger partial charge on any atom is -0.368 e. The fraction of sp³-hybridized carbons (Fsp3) is 0.389. The molecule has 126 valence electrons. The Morgan fingerprint density at radius 2 is 2.21 bits per heavy atom. The molecule has 1 fully saturated rings. The van der Waals surface area contributed by atoms with Crippen LogP contribution in [0.15, 0.2) is 36.7 Å². The van der Waals surface area contributed by atoms with Crippen LogP contribution in [0.25, 0.3) is 11.3 Å². The van der Waals surface area contributed by atoms with Gasteiger partial charge in [-0.25, -0.2) is 9.37 Å². The molecule has 0 aliphatic carbocycles. The Morgan fingerprint density at radius 1 is 1.38 bits per heavy atom. The van der Waals surface area contributed by atoms with E-state index in [2.05, 4.69) is 9.97 Å². The van der Waals surface area contributed by atoms with Crippen molar-refractivity contribution >= 4 is 5.91 Å². The first-order chi connectivity index (χ1) is 11.5. The van der Waals surface area contributed by atoms with Gasteiger partial charge >= 0.3 is 0 Å². The molecular weight excluding hydrogens is 309 g/mol. The molecule has 1 aliphatic rings. The van der Waals surface area contributed by atoms with Crippen molar-refractivity contribution in [3.63, 3.8) is 0 Å². The first-order valence-corrected chi connectivity index (χ1v) is 8.03. The highest BCUT2D eigenvalue weighted by Crippen LogP contribution is 2.24. The Hall–Kier alpha value is -2.34. The Balaban J connectivity index is 1.82. The summed E-state index contributed by atoms with van der Waals surface area (Å²) in [4.78, 5) is 22.8. The van der Waals surface area contributed by atoms with Crippen molar-refractivity contribution in [2.45, 2.75) is 20.0 Å². The molecule has 1 aliphatic heterocycles. The highest BCUT2D eigenvalue weighted by molar-refractivity contribution is 5.78. The van der Waals surface area contributed by atoms with Crippen LogP contribution >= 0.6 is 0 Å². The summed E-state index contributed by atoms with van der Waals surface area (Å²) in [5.74, 6) is -0.256. The van der Waals surface area contributed by atoms with Gasteiger partial charge in [-0.3, -0.25) is 9.78 Å². The van der Waals surface area contributed by atoms with Crippen LogP contribution in [-0.4, -0.2) is 40.5 Å². The number of hydrogen-bond donors (Lipinski definition) is 0. The van der Waals surface area contributed by atoms with Crippen LogP contribution in [0.2, 0.25) is 0 Å². The number of aromatic nitrogens is 2. The van der Waals surface area contributed by atoms with Crippen molar-refractivity contribution < 1.29 is 13.9 Å². The molecule has 3 rings (SSSR count). The number of amides is 1. The largest absolute Gasteiger partial charge is 0.368 e. The number of nitrogens with zero attached hydrogens (tertiary/aromatic N) is 3. The lowest BCUT2D eigenvalue weighted by Gasteiger charge is -2.33. The molecule has 0 unspecified atom stereocenters. The molecule has 1 saturated heterocycles. The molecule has 0 N–H and O–H groups in total. The van der Waals surface area contributed by atoms with Gasteiger partial charge in [0.15, 0.2) is 0 Å². The molecule has 1 amide bonds. The molecule has 0 radical (unpaired) electrons. The predicted molar refractivity (Wildman–Crippen MR) is 87.5 cm³/mol. The maximum atomic E-state index is 13.4. The second-order valence-electron chi connectivity index (χ2n) is 6.14. The Morgan fingerprint density at radius 3 is 2.96 bits per heavy atom. The first-order valence-electron chi connectivity index (χ1n) is 8.03. The molecule has 1 atom stereocenters. The zero-order valence-corrected chi connectivity index (χ0v) is 13.8. The molecule has 6 heteroatoms. The number of morpholine rings is 1. The van der Waals surface area contributed by atoms with E-state index in [0.717, 1.165) is 0 Å². The van der Waals surface area contributed by atoms with Crippen molar-refractivity contribution in [3.8, 4) is 11.3 Å². The van der Waals surface area contributed by atoms with Crippen molar-refractivity contribution in [2.24, 2.45) is 5.92 Å². The van der Waals surface area contributed by atoms with Gasteiger partial charge in [0, 0.05) is 18.0 Å². The van der Waals surface area contributed by atoms with Gasteiger partial charge in [-0.05, 0) is 12.1 Å². The van der Waals surface area contributed by atoms with E-state index in [-0.39, 0.29) is 23.7 Å². The molecular formula is C18H20FN3O2. The molecule has 1 aromatic carbocycles. The van der Waals surface area contributed by atoms with E-state index in [0.29, 0.717) is 36.6 Å². The minimum absolute atomic E-state index is 0.0477. The summed E-state index contributed by atoms with van der Waals surface area (Å²) in [5.41, 5.74) is 1.90. The van der Waals surface area contributed by atoms with E-state index < -0.39 is 0 Å². The lowest BCUT2D eigenvalue weighted by Crippen LogP contribution is -2.44. The standard InChI is InChI=1S/C18H20FN3O2/c1-12(2)18(23)22-6-7-24-17(11-22)16-10-20-9-15(21-16)13-4-3-5-14(19)8-13/h3-5,8-10,12,17H,6-7,11H2,1-2H3/t17-/m1/s1. The second-order valence-corrected chi connectivity index (χ2v) is 6.14. The summed E-state index contributed by atoms with van der Waals surface area (Å²) in [6.45, 7) is 5.28. The maximum absolute atomic E-state index is 13.4. The van der Waals surface area contributed by atoms with Crippen molar-refractivity contribution in [1.29, 1.82) is 0 Å². The molecule has 5 nitrogen and oxygen atoms in total. The predicted octanol–water partition coefficient (Wildman–Crippen LogP) is 2.84. The molecule has 0 saturated carbocycles. The van der Waals surface area contributed by atoms with Crippen molar-refractivity contribution in [1.82, 2.24) is 14.9 Å². The molecule has 0 spiro atoms. The van der Waals surface area contributed by atoms with Crippen LogP contribution in [-0.2, 0) is 9.53 Å². The van der Waals surface area contributed by atoms with E-state index >= 15 is 0 Å². The lowest BCUT2D eigenvalue weighted by atomic mass is 10.1. The SMILES string of the molecule is CC(C)C(=O)N1CCO[C@@H](c2cncc(-c3cccc(F)c3)n2)C1. The van der Waals surface area contributed by atoms with Crippen LogP contribution in [0.4, 0.5) is 4.39 Å². The summed E-state index contributed by atoms with van der Waals surface area (Å²) in [6, 6.07) is 6.23. The van der Waals surface area contributed by atoms with Gasteiger partial charge < -0.3 is 9.64 Å². The topological polar surface area (TPSA) is 55.3 Å².